The van der Waals surface area contributed by atoms with Crippen molar-refractivity contribution in [3.63, 3.8) is 0 Å². The van der Waals surface area contributed by atoms with Crippen LogP contribution in [0, 0.1) is 0 Å². The number of rotatable bonds is 7. The predicted octanol–water partition coefficient (Wildman–Crippen LogP) is 3.51. The molecule has 0 fully saturated rings. The fourth-order valence-electron chi connectivity index (χ4n) is 3.10. The second-order valence-corrected chi connectivity index (χ2v) is 10.2. The molecule has 0 saturated heterocycles. The number of nitrogens with one attached hydrogen (secondary N) is 2. The van der Waals surface area contributed by atoms with Crippen LogP contribution in [-0.4, -0.2) is 72.8 Å². The van der Waals surface area contributed by atoms with Gasteiger partial charge in [0.05, 0.1) is 5.69 Å². The van der Waals surface area contributed by atoms with Crippen LogP contribution in [0.5, 0.6) is 0 Å². The number of hydrogen-bond donors (Lipinski definition) is 2. The van der Waals surface area contributed by atoms with E-state index >= 15 is 0 Å². The number of carbonyl (C=O) groups excluding carboxylic acids is 1. The van der Waals surface area contributed by atoms with Crippen molar-refractivity contribution in [3.05, 3.63) is 40.0 Å². The Labute approximate surface area is 212 Å². The van der Waals surface area contributed by atoms with E-state index in [1.807, 2.05) is 46.7 Å². The fourth-order valence-corrected chi connectivity index (χ4v) is 4.25. The van der Waals surface area contributed by atoms with Crippen LogP contribution in [0.4, 0.5) is 10.5 Å². The maximum absolute atomic E-state index is 12.7. The maximum Gasteiger partial charge on any atom is 0.333 e. The first-order valence-electron chi connectivity index (χ1n) is 9.66. The second kappa shape index (κ2) is 11.2. The Morgan fingerprint density at radius 2 is 1.65 bits per heavy atom. The Bertz CT molecular complexity index is 1010. The molecule has 1 heterocycles. The van der Waals surface area contributed by atoms with Crippen LogP contribution < -0.4 is 10.0 Å². The van der Waals surface area contributed by atoms with Gasteiger partial charge in [-0.05, 0) is 49.2 Å². The number of amides is 2. The molecule has 0 aliphatic carbocycles. The van der Waals surface area contributed by atoms with E-state index in [0.717, 1.165) is 11.1 Å². The molecule has 0 aliphatic rings. The quantitative estimate of drug-likeness (QED) is 0.593. The minimum Gasteiger partial charge on any atom is -0.307 e. The average molecular weight is 479 g/mol. The molecular weight excluding hydrogens is 449 g/mol. The van der Waals surface area contributed by atoms with Crippen molar-refractivity contribution in [2.45, 2.75) is 51.1 Å². The van der Waals surface area contributed by atoms with Crippen molar-refractivity contribution in [1.29, 1.82) is 0 Å². The van der Waals surface area contributed by atoms with E-state index in [0.29, 0.717) is 22.9 Å². The molecule has 1 aromatic carbocycles. The molecule has 11 heteroatoms. The molecule has 8 nitrogen and oxygen atoms in total. The van der Waals surface area contributed by atoms with E-state index in [1.165, 1.54) is 10.7 Å². The van der Waals surface area contributed by atoms with Gasteiger partial charge in [0.1, 0.15) is 0 Å². The Morgan fingerprint density at radius 3 is 2.10 bits per heavy atom. The summed E-state index contributed by atoms with van der Waals surface area (Å²) in [6.45, 7) is 8.45. The maximum atomic E-state index is 12.7. The number of sulfonamides is 1. The standard InChI is InChI=1S/C20H30ClN5O3S.Na/c1-12(2)16-8-14(21)9-17(13(3)4)19(16)22-20(27)24-30(28,29)18-10-15(11-25(5)6)26(7)23-18;/h8-10,12-13H,11H2,1-7H3,(H2,22,24,27);. The van der Waals surface area contributed by atoms with Crippen molar-refractivity contribution >= 4 is 62.9 Å². The molecule has 0 saturated carbocycles. The number of aromatic nitrogens is 2. The van der Waals surface area contributed by atoms with Gasteiger partial charge in [-0.1, -0.05) is 39.3 Å². The van der Waals surface area contributed by atoms with E-state index in [9.17, 15) is 13.2 Å². The summed E-state index contributed by atoms with van der Waals surface area (Å²) in [5.74, 6) is 0.162. The monoisotopic (exact) mass is 478 g/mol. The molecule has 2 amide bonds. The molecule has 167 valence electrons. The third-order valence-electron chi connectivity index (χ3n) is 4.58. The smallest absolute Gasteiger partial charge is 0.307 e. The van der Waals surface area contributed by atoms with Gasteiger partial charge in [0.25, 0.3) is 10.0 Å². The number of benzene rings is 1. The fraction of sp³-hybridized carbons (Fsp3) is 0.500. The summed E-state index contributed by atoms with van der Waals surface area (Å²) in [4.78, 5) is 14.5. The van der Waals surface area contributed by atoms with E-state index in [4.69, 9.17) is 11.6 Å². The summed E-state index contributed by atoms with van der Waals surface area (Å²) in [5.41, 5.74) is 2.96. The Morgan fingerprint density at radius 1 is 1.13 bits per heavy atom. The first-order chi connectivity index (χ1) is 13.8. The molecule has 0 atom stereocenters. The Balaban J connectivity index is 0.00000480. The first-order valence-corrected chi connectivity index (χ1v) is 11.5. The largest absolute Gasteiger partial charge is 0.333 e. The summed E-state index contributed by atoms with van der Waals surface area (Å²) in [5, 5.41) is 7.12. The molecule has 0 unspecified atom stereocenters. The Hall–Kier alpha value is -1.10. The number of aryl methyl sites for hydroxylation is 1. The first kappa shape index (κ1) is 27.9. The van der Waals surface area contributed by atoms with Crippen molar-refractivity contribution in [2.24, 2.45) is 7.05 Å². The molecule has 0 bridgehead atoms. The van der Waals surface area contributed by atoms with E-state index in [1.54, 1.807) is 19.2 Å². The van der Waals surface area contributed by atoms with Gasteiger partial charge in [0, 0.05) is 59.9 Å². The van der Waals surface area contributed by atoms with E-state index in [-0.39, 0.29) is 46.4 Å². The molecule has 0 spiro atoms. The van der Waals surface area contributed by atoms with Gasteiger partial charge < -0.3 is 10.2 Å². The number of urea groups is 1. The van der Waals surface area contributed by atoms with Crippen LogP contribution in [0.25, 0.3) is 0 Å². The number of nitrogens with zero attached hydrogens (tertiary/aromatic N) is 3. The molecule has 31 heavy (non-hydrogen) atoms. The summed E-state index contributed by atoms with van der Waals surface area (Å²) in [6, 6.07) is 4.18. The molecule has 1 aromatic heterocycles. The number of anilines is 1. The number of hydrogen-bond acceptors (Lipinski definition) is 5. The normalized spacial score (nSPS) is 11.7. The predicted molar refractivity (Wildman–Crippen MR) is 125 cm³/mol. The molecular formula is C20H30ClN5NaO3S. The van der Waals surface area contributed by atoms with Crippen LogP contribution in [0.15, 0.2) is 23.2 Å². The van der Waals surface area contributed by atoms with Gasteiger partial charge in [-0.25, -0.2) is 9.52 Å². The average Bonchev–Trinajstić information content (AvgIpc) is 2.96. The van der Waals surface area contributed by atoms with Crippen LogP contribution in [-0.2, 0) is 23.6 Å². The van der Waals surface area contributed by atoms with Gasteiger partial charge >= 0.3 is 6.03 Å². The van der Waals surface area contributed by atoms with Crippen LogP contribution in [0.2, 0.25) is 5.02 Å². The molecule has 2 aromatic rings. The van der Waals surface area contributed by atoms with Crippen molar-refractivity contribution in [1.82, 2.24) is 19.4 Å². The van der Waals surface area contributed by atoms with Crippen molar-refractivity contribution in [3.8, 4) is 0 Å². The van der Waals surface area contributed by atoms with Crippen molar-refractivity contribution in [2.75, 3.05) is 19.4 Å². The van der Waals surface area contributed by atoms with Crippen molar-refractivity contribution < 1.29 is 13.2 Å². The van der Waals surface area contributed by atoms with E-state index in [2.05, 4.69) is 15.1 Å². The summed E-state index contributed by atoms with van der Waals surface area (Å²) in [7, 11) is 1.28. The minimum atomic E-state index is -4.13. The zero-order valence-corrected chi connectivity index (χ0v) is 23.0. The van der Waals surface area contributed by atoms with E-state index < -0.39 is 16.1 Å². The summed E-state index contributed by atoms with van der Waals surface area (Å²) in [6.07, 6.45) is 0. The number of halogens is 1. The summed E-state index contributed by atoms with van der Waals surface area (Å²) >= 11 is 6.25. The molecule has 0 aliphatic heterocycles. The third kappa shape index (κ3) is 7.20. The zero-order chi connectivity index (χ0) is 22.8. The number of carbonyl (C=O) groups is 1. The third-order valence-corrected chi connectivity index (χ3v) is 6.00. The minimum absolute atomic E-state index is 0. The van der Waals surface area contributed by atoms with Crippen LogP contribution >= 0.6 is 11.6 Å². The van der Waals surface area contributed by atoms with Gasteiger partial charge in [-0.3, -0.25) is 4.68 Å². The summed E-state index contributed by atoms with van der Waals surface area (Å²) < 4.78 is 28.9. The van der Waals surface area contributed by atoms with Crippen LogP contribution in [0.3, 0.4) is 0 Å². The molecule has 1 radical (unpaired) electrons. The Kier molecular flexibility index (Phi) is 10.1. The molecule has 2 N–H and O–H groups in total. The topological polar surface area (TPSA) is 96.3 Å². The van der Waals surface area contributed by atoms with Crippen LogP contribution in [0.1, 0.15) is 56.4 Å². The van der Waals surface area contributed by atoms with Gasteiger partial charge in [0.2, 0.25) is 0 Å². The second-order valence-electron chi connectivity index (χ2n) is 8.16. The molecule has 2 rings (SSSR count). The van der Waals surface area contributed by atoms with Gasteiger partial charge in [-0.15, -0.1) is 0 Å². The zero-order valence-electron chi connectivity index (χ0n) is 19.4. The SMILES string of the molecule is CC(C)c1cc(Cl)cc(C(C)C)c1NC(=O)NS(=O)(=O)c1cc(CN(C)C)n(C)n1.[Na]. The van der Waals surface area contributed by atoms with Gasteiger partial charge in [-0.2, -0.15) is 13.5 Å². The van der Waals surface area contributed by atoms with Gasteiger partial charge in [0.15, 0.2) is 5.03 Å².